The Morgan fingerprint density at radius 1 is 0.792 bits per heavy atom. The van der Waals surface area contributed by atoms with Crippen molar-refractivity contribution in [3.63, 3.8) is 0 Å². The fourth-order valence-corrected chi connectivity index (χ4v) is 3.19. The maximum atomic E-state index is 11.0. The Morgan fingerprint density at radius 3 is 2.29 bits per heavy atom. The summed E-state index contributed by atoms with van der Waals surface area (Å²) in [6.07, 6.45) is 2.85. The summed E-state index contributed by atoms with van der Waals surface area (Å²) >= 11 is 0. The average Bonchev–Trinajstić information content (AvgIpc) is 2.63. The lowest BCUT2D eigenvalue weighted by Crippen LogP contribution is -1.98. The number of carbonyl (C=O) groups is 1. The third-order valence-corrected chi connectivity index (χ3v) is 4.70. The van der Waals surface area contributed by atoms with Gasteiger partial charge in [-0.25, -0.2) is 0 Å². The van der Waals surface area contributed by atoms with Crippen LogP contribution in [0, 0.1) is 13.8 Å². The fourth-order valence-electron chi connectivity index (χ4n) is 3.19. The third-order valence-electron chi connectivity index (χ3n) is 4.70. The van der Waals surface area contributed by atoms with Gasteiger partial charge in [-0.1, -0.05) is 60.7 Å². The first kappa shape index (κ1) is 16.2. The summed E-state index contributed by atoms with van der Waals surface area (Å²) in [6, 6.07) is 23.0. The van der Waals surface area contributed by atoms with Crippen molar-refractivity contribution in [2.75, 3.05) is 0 Å². The Balaban J connectivity index is 1.85. The SMILES string of the molecule is Cc1ccc(C=O)cc1CCc1cccc(-c2ccccc2)c1C. The molecule has 3 aromatic carbocycles. The number of rotatable bonds is 5. The topological polar surface area (TPSA) is 17.1 Å². The zero-order chi connectivity index (χ0) is 16.9. The van der Waals surface area contributed by atoms with E-state index in [4.69, 9.17) is 0 Å². The molecule has 0 fully saturated rings. The Kier molecular flexibility index (Phi) is 4.90. The van der Waals surface area contributed by atoms with Crippen LogP contribution in [0.5, 0.6) is 0 Å². The Morgan fingerprint density at radius 2 is 1.54 bits per heavy atom. The molecule has 0 radical (unpaired) electrons. The van der Waals surface area contributed by atoms with Gasteiger partial charge in [0.05, 0.1) is 0 Å². The highest BCUT2D eigenvalue weighted by Crippen LogP contribution is 2.26. The van der Waals surface area contributed by atoms with Crippen LogP contribution in [0.1, 0.15) is 32.6 Å². The molecule has 3 aromatic rings. The van der Waals surface area contributed by atoms with Crippen molar-refractivity contribution in [1.82, 2.24) is 0 Å². The molecular formula is C23H22O. The lowest BCUT2D eigenvalue weighted by atomic mass is 9.92. The van der Waals surface area contributed by atoms with Crippen LogP contribution in [0.4, 0.5) is 0 Å². The van der Waals surface area contributed by atoms with Crippen LogP contribution in [0.15, 0.2) is 66.7 Å². The first-order valence-corrected chi connectivity index (χ1v) is 8.37. The first-order chi connectivity index (χ1) is 11.7. The molecule has 0 spiro atoms. The lowest BCUT2D eigenvalue weighted by molar-refractivity contribution is 0.112. The van der Waals surface area contributed by atoms with Gasteiger partial charge in [-0.05, 0) is 66.1 Å². The summed E-state index contributed by atoms with van der Waals surface area (Å²) in [5.74, 6) is 0. The number of aryl methyl sites for hydroxylation is 3. The first-order valence-electron chi connectivity index (χ1n) is 8.37. The molecule has 0 aromatic heterocycles. The molecule has 0 saturated heterocycles. The number of hydrogen-bond acceptors (Lipinski definition) is 1. The molecule has 24 heavy (non-hydrogen) atoms. The van der Waals surface area contributed by atoms with E-state index in [1.807, 2.05) is 24.3 Å². The number of hydrogen-bond donors (Lipinski definition) is 0. The highest BCUT2D eigenvalue weighted by Gasteiger charge is 2.07. The van der Waals surface area contributed by atoms with Crippen LogP contribution in [-0.2, 0) is 12.8 Å². The molecular weight excluding hydrogens is 292 g/mol. The van der Waals surface area contributed by atoms with E-state index >= 15 is 0 Å². The van der Waals surface area contributed by atoms with E-state index in [1.165, 1.54) is 33.4 Å². The number of carbonyl (C=O) groups excluding carboxylic acids is 1. The molecule has 0 N–H and O–H groups in total. The molecule has 1 heteroatoms. The highest BCUT2D eigenvalue weighted by atomic mass is 16.1. The minimum absolute atomic E-state index is 0.755. The second-order valence-corrected chi connectivity index (χ2v) is 6.26. The van der Waals surface area contributed by atoms with Gasteiger partial charge in [0.25, 0.3) is 0 Å². The summed E-state index contributed by atoms with van der Waals surface area (Å²) in [5.41, 5.74) is 8.52. The Hall–Kier alpha value is -2.67. The zero-order valence-corrected chi connectivity index (χ0v) is 14.3. The van der Waals surface area contributed by atoms with Crippen molar-refractivity contribution in [3.05, 3.63) is 94.5 Å². The van der Waals surface area contributed by atoms with Gasteiger partial charge >= 0.3 is 0 Å². The van der Waals surface area contributed by atoms with E-state index in [9.17, 15) is 4.79 Å². The van der Waals surface area contributed by atoms with Crippen LogP contribution in [0.2, 0.25) is 0 Å². The Bertz CT molecular complexity index is 847. The summed E-state index contributed by atoms with van der Waals surface area (Å²) in [6.45, 7) is 4.31. The fraction of sp³-hybridized carbons (Fsp3) is 0.174. The van der Waals surface area contributed by atoms with Gasteiger partial charge in [-0.2, -0.15) is 0 Å². The lowest BCUT2D eigenvalue weighted by Gasteiger charge is -2.13. The van der Waals surface area contributed by atoms with Crippen LogP contribution in [0.3, 0.4) is 0 Å². The van der Waals surface area contributed by atoms with Gasteiger partial charge in [0.2, 0.25) is 0 Å². The molecule has 0 aliphatic heterocycles. The van der Waals surface area contributed by atoms with Crippen molar-refractivity contribution in [3.8, 4) is 11.1 Å². The molecule has 0 atom stereocenters. The van der Waals surface area contributed by atoms with Crippen molar-refractivity contribution in [2.45, 2.75) is 26.7 Å². The van der Waals surface area contributed by atoms with Crippen LogP contribution in [-0.4, -0.2) is 6.29 Å². The summed E-state index contributed by atoms with van der Waals surface area (Å²) in [7, 11) is 0. The minimum Gasteiger partial charge on any atom is -0.298 e. The zero-order valence-electron chi connectivity index (χ0n) is 14.3. The molecule has 0 unspecified atom stereocenters. The maximum absolute atomic E-state index is 11.0. The maximum Gasteiger partial charge on any atom is 0.150 e. The second-order valence-electron chi connectivity index (χ2n) is 6.26. The van der Waals surface area contributed by atoms with E-state index < -0.39 is 0 Å². The Labute approximate surface area is 144 Å². The predicted octanol–water partition coefficient (Wildman–Crippen LogP) is 5.57. The summed E-state index contributed by atoms with van der Waals surface area (Å²) < 4.78 is 0. The largest absolute Gasteiger partial charge is 0.298 e. The molecule has 0 heterocycles. The predicted molar refractivity (Wildman–Crippen MR) is 101 cm³/mol. The van der Waals surface area contributed by atoms with Crippen molar-refractivity contribution >= 4 is 6.29 Å². The van der Waals surface area contributed by atoms with Crippen molar-refractivity contribution < 1.29 is 4.79 Å². The average molecular weight is 314 g/mol. The third kappa shape index (κ3) is 3.46. The highest BCUT2D eigenvalue weighted by molar-refractivity contribution is 5.75. The molecule has 120 valence electrons. The summed E-state index contributed by atoms with van der Waals surface area (Å²) in [4.78, 5) is 11.0. The van der Waals surface area contributed by atoms with Gasteiger partial charge in [0.15, 0.2) is 0 Å². The van der Waals surface area contributed by atoms with Crippen LogP contribution >= 0.6 is 0 Å². The van der Waals surface area contributed by atoms with Crippen molar-refractivity contribution in [2.24, 2.45) is 0 Å². The van der Waals surface area contributed by atoms with Crippen molar-refractivity contribution in [1.29, 1.82) is 0 Å². The van der Waals surface area contributed by atoms with E-state index in [2.05, 4.69) is 56.3 Å². The normalized spacial score (nSPS) is 10.6. The molecule has 0 amide bonds. The monoisotopic (exact) mass is 314 g/mol. The van der Waals surface area contributed by atoms with E-state index in [-0.39, 0.29) is 0 Å². The van der Waals surface area contributed by atoms with Gasteiger partial charge in [-0.3, -0.25) is 4.79 Å². The van der Waals surface area contributed by atoms with E-state index in [0.29, 0.717) is 0 Å². The van der Waals surface area contributed by atoms with Gasteiger partial charge in [0, 0.05) is 5.56 Å². The quantitative estimate of drug-likeness (QED) is 0.563. The van der Waals surface area contributed by atoms with Crippen LogP contribution < -0.4 is 0 Å². The van der Waals surface area contributed by atoms with Gasteiger partial charge in [-0.15, -0.1) is 0 Å². The van der Waals surface area contributed by atoms with Gasteiger partial charge < -0.3 is 0 Å². The van der Waals surface area contributed by atoms with E-state index in [0.717, 1.165) is 24.7 Å². The molecule has 1 nitrogen and oxygen atoms in total. The summed E-state index contributed by atoms with van der Waals surface area (Å²) in [5, 5.41) is 0. The molecule has 3 rings (SSSR count). The standard InChI is InChI=1S/C23H22O/c1-17-11-12-19(16-24)15-22(17)14-13-20-9-6-10-23(18(20)2)21-7-4-3-5-8-21/h3-12,15-16H,13-14H2,1-2H3. The number of aldehydes is 1. The molecule has 0 bridgehead atoms. The van der Waals surface area contributed by atoms with E-state index in [1.54, 1.807) is 0 Å². The minimum atomic E-state index is 0.755. The second kappa shape index (κ2) is 7.27. The number of benzene rings is 3. The molecule has 0 saturated carbocycles. The smallest absolute Gasteiger partial charge is 0.150 e. The molecule has 0 aliphatic rings. The van der Waals surface area contributed by atoms with Gasteiger partial charge in [0.1, 0.15) is 6.29 Å². The molecule has 0 aliphatic carbocycles. The van der Waals surface area contributed by atoms with Crippen LogP contribution in [0.25, 0.3) is 11.1 Å².